The van der Waals surface area contributed by atoms with Crippen molar-refractivity contribution < 1.29 is 9.59 Å². The van der Waals surface area contributed by atoms with E-state index in [1.54, 1.807) is 17.0 Å². The highest BCUT2D eigenvalue weighted by Gasteiger charge is 2.43. The Hall–Kier alpha value is -1.59. The third-order valence-corrected chi connectivity index (χ3v) is 4.89. The molecule has 1 aromatic rings. The number of halogens is 1. The summed E-state index contributed by atoms with van der Waals surface area (Å²) in [6, 6.07) is 6.57. The van der Waals surface area contributed by atoms with Gasteiger partial charge in [-0.15, -0.1) is 0 Å². The van der Waals surface area contributed by atoms with E-state index >= 15 is 0 Å². The van der Waals surface area contributed by atoms with Gasteiger partial charge < -0.3 is 10.2 Å². The zero-order valence-electron chi connectivity index (χ0n) is 14.2. The second kappa shape index (κ2) is 7.11. The van der Waals surface area contributed by atoms with Crippen LogP contribution in [0.2, 0.25) is 5.02 Å². The first kappa shape index (κ1) is 17.2. The summed E-state index contributed by atoms with van der Waals surface area (Å²) in [5, 5.41) is 3.58. The second-order valence-electron chi connectivity index (χ2n) is 7.09. The summed E-state index contributed by atoms with van der Waals surface area (Å²) in [7, 11) is 0. The molecule has 2 atom stereocenters. The summed E-state index contributed by atoms with van der Waals surface area (Å²) in [4.78, 5) is 29.3. The van der Waals surface area contributed by atoms with Gasteiger partial charge in [0.1, 0.15) is 12.1 Å². The number of hydrogen-bond donors (Lipinski definition) is 1. The van der Waals surface area contributed by atoms with Gasteiger partial charge in [0.25, 0.3) is 0 Å². The molecule has 2 saturated heterocycles. The van der Waals surface area contributed by atoms with Gasteiger partial charge in [-0.3, -0.25) is 14.5 Å². The van der Waals surface area contributed by atoms with Crippen molar-refractivity contribution in [2.24, 2.45) is 5.92 Å². The summed E-state index contributed by atoms with van der Waals surface area (Å²) < 4.78 is 0. The number of carbonyl (C=O) groups is 2. The molecule has 2 amide bonds. The first-order chi connectivity index (χ1) is 11.4. The highest BCUT2D eigenvalue weighted by atomic mass is 35.5. The fourth-order valence-electron chi connectivity index (χ4n) is 3.53. The quantitative estimate of drug-likeness (QED) is 0.897. The van der Waals surface area contributed by atoms with Crippen LogP contribution in [-0.2, 0) is 16.0 Å². The Morgan fingerprint density at radius 3 is 2.58 bits per heavy atom. The minimum atomic E-state index is -0.480. The van der Waals surface area contributed by atoms with Crippen molar-refractivity contribution in [1.29, 1.82) is 0 Å². The van der Waals surface area contributed by atoms with E-state index in [9.17, 15) is 9.59 Å². The van der Waals surface area contributed by atoms with Crippen LogP contribution < -0.4 is 5.32 Å². The van der Waals surface area contributed by atoms with Crippen LogP contribution in [0.1, 0.15) is 19.4 Å². The van der Waals surface area contributed by atoms with Crippen LogP contribution in [0.5, 0.6) is 0 Å². The van der Waals surface area contributed by atoms with Gasteiger partial charge in [-0.05, 0) is 23.6 Å². The van der Waals surface area contributed by atoms with E-state index < -0.39 is 6.04 Å². The Morgan fingerprint density at radius 2 is 1.92 bits per heavy atom. The van der Waals surface area contributed by atoms with E-state index in [0.717, 1.165) is 18.7 Å². The topological polar surface area (TPSA) is 52.6 Å². The molecule has 2 fully saturated rings. The standard InChI is InChI=1S/C18H24ClN3O2/c1-12(2)10-21-7-8-22-16(11-21)17(23)20-15(18(22)24)9-13-3-5-14(19)6-4-13/h3-6,12,15-16H,7-11H2,1-2H3,(H,20,23)/t15-,16+/m0/s1. The Morgan fingerprint density at radius 1 is 1.21 bits per heavy atom. The highest BCUT2D eigenvalue weighted by Crippen LogP contribution is 2.19. The first-order valence-corrected chi connectivity index (χ1v) is 8.89. The van der Waals surface area contributed by atoms with E-state index in [0.29, 0.717) is 30.5 Å². The molecule has 130 valence electrons. The molecule has 3 rings (SSSR count). The Balaban J connectivity index is 1.67. The number of nitrogens with zero attached hydrogens (tertiary/aromatic N) is 2. The molecule has 0 bridgehead atoms. The maximum absolute atomic E-state index is 12.8. The third-order valence-electron chi connectivity index (χ3n) is 4.64. The van der Waals surface area contributed by atoms with Crippen molar-refractivity contribution >= 4 is 23.4 Å². The lowest BCUT2D eigenvalue weighted by Crippen LogP contribution is -2.69. The van der Waals surface area contributed by atoms with Gasteiger partial charge in [0, 0.05) is 37.6 Å². The third kappa shape index (κ3) is 3.73. The fourth-order valence-corrected chi connectivity index (χ4v) is 3.66. The summed E-state index contributed by atoms with van der Waals surface area (Å²) >= 11 is 5.90. The predicted molar refractivity (Wildman–Crippen MR) is 93.9 cm³/mol. The number of nitrogens with one attached hydrogen (secondary N) is 1. The lowest BCUT2D eigenvalue weighted by Gasteiger charge is -2.45. The molecular weight excluding hydrogens is 326 g/mol. The van der Waals surface area contributed by atoms with E-state index in [2.05, 4.69) is 24.1 Å². The van der Waals surface area contributed by atoms with Gasteiger partial charge in [-0.2, -0.15) is 0 Å². The largest absolute Gasteiger partial charge is 0.342 e. The van der Waals surface area contributed by atoms with Gasteiger partial charge in [-0.1, -0.05) is 37.6 Å². The van der Waals surface area contributed by atoms with Crippen molar-refractivity contribution in [3.8, 4) is 0 Å². The fraction of sp³-hybridized carbons (Fsp3) is 0.556. The number of fused-ring (bicyclic) bond motifs is 1. The number of benzene rings is 1. The highest BCUT2D eigenvalue weighted by molar-refractivity contribution is 6.30. The lowest BCUT2D eigenvalue weighted by atomic mass is 9.98. The van der Waals surface area contributed by atoms with Crippen molar-refractivity contribution in [3.05, 3.63) is 34.9 Å². The van der Waals surface area contributed by atoms with Crippen molar-refractivity contribution in [3.63, 3.8) is 0 Å². The number of carbonyl (C=O) groups excluding carboxylic acids is 2. The molecule has 24 heavy (non-hydrogen) atoms. The van der Waals surface area contributed by atoms with Crippen LogP contribution in [0.4, 0.5) is 0 Å². The molecule has 1 aromatic carbocycles. The van der Waals surface area contributed by atoms with E-state index in [-0.39, 0.29) is 17.9 Å². The van der Waals surface area contributed by atoms with Crippen molar-refractivity contribution in [2.45, 2.75) is 32.4 Å². The normalized spacial score (nSPS) is 24.9. The molecule has 2 aliphatic heterocycles. The zero-order chi connectivity index (χ0) is 17.3. The zero-order valence-corrected chi connectivity index (χ0v) is 14.9. The van der Waals surface area contributed by atoms with Crippen molar-refractivity contribution in [2.75, 3.05) is 26.2 Å². The molecule has 2 heterocycles. The number of hydrogen-bond acceptors (Lipinski definition) is 3. The average Bonchev–Trinajstić information content (AvgIpc) is 2.54. The van der Waals surface area contributed by atoms with Gasteiger partial charge in [0.15, 0.2) is 0 Å². The van der Waals surface area contributed by atoms with E-state index in [4.69, 9.17) is 11.6 Å². The van der Waals surface area contributed by atoms with Gasteiger partial charge >= 0.3 is 0 Å². The van der Waals surface area contributed by atoms with Crippen LogP contribution in [-0.4, -0.2) is 59.9 Å². The summed E-state index contributed by atoms with van der Waals surface area (Å²) in [6.45, 7) is 7.38. The van der Waals surface area contributed by atoms with Crippen LogP contribution in [0, 0.1) is 5.92 Å². The SMILES string of the molecule is CC(C)CN1CCN2C(=O)[C@H](Cc3ccc(Cl)cc3)NC(=O)[C@H]2C1. The Labute approximate surface area is 147 Å². The number of piperazine rings is 2. The molecule has 0 aliphatic carbocycles. The van der Waals surface area contributed by atoms with Crippen LogP contribution in [0.25, 0.3) is 0 Å². The minimum absolute atomic E-state index is 0.0266. The maximum Gasteiger partial charge on any atom is 0.246 e. The monoisotopic (exact) mass is 349 g/mol. The smallest absolute Gasteiger partial charge is 0.246 e. The minimum Gasteiger partial charge on any atom is -0.342 e. The molecule has 0 radical (unpaired) electrons. The van der Waals surface area contributed by atoms with Gasteiger partial charge in [0.05, 0.1) is 0 Å². The van der Waals surface area contributed by atoms with Gasteiger partial charge in [-0.25, -0.2) is 0 Å². The molecule has 1 N–H and O–H groups in total. The lowest BCUT2D eigenvalue weighted by molar-refractivity contribution is -0.153. The number of rotatable bonds is 4. The maximum atomic E-state index is 12.8. The average molecular weight is 350 g/mol. The molecule has 2 aliphatic rings. The summed E-state index contributed by atoms with van der Waals surface area (Å²) in [5.74, 6) is 0.539. The van der Waals surface area contributed by atoms with Crippen LogP contribution in [0.15, 0.2) is 24.3 Å². The molecule has 0 aromatic heterocycles. The summed E-state index contributed by atoms with van der Waals surface area (Å²) in [5.41, 5.74) is 0.995. The molecular formula is C18H24ClN3O2. The van der Waals surface area contributed by atoms with E-state index in [1.807, 2.05) is 12.1 Å². The second-order valence-corrected chi connectivity index (χ2v) is 7.53. The van der Waals surface area contributed by atoms with Crippen LogP contribution >= 0.6 is 11.6 Å². The Kier molecular flexibility index (Phi) is 5.11. The predicted octanol–water partition coefficient (Wildman–Crippen LogP) is 1.55. The molecule has 0 spiro atoms. The molecule has 0 saturated carbocycles. The van der Waals surface area contributed by atoms with Crippen LogP contribution in [0.3, 0.4) is 0 Å². The molecule has 6 heteroatoms. The molecule has 5 nitrogen and oxygen atoms in total. The van der Waals surface area contributed by atoms with Crippen molar-refractivity contribution in [1.82, 2.24) is 15.1 Å². The Bertz CT molecular complexity index is 617. The van der Waals surface area contributed by atoms with Gasteiger partial charge in [0.2, 0.25) is 11.8 Å². The first-order valence-electron chi connectivity index (χ1n) is 8.51. The number of amides is 2. The summed E-state index contributed by atoms with van der Waals surface area (Å²) in [6.07, 6.45) is 0.501. The molecule has 0 unspecified atom stereocenters. The van der Waals surface area contributed by atoms with E-state index in [1.165, 1.54) is 0 Å².